The molecular formula is C28H25F4NO2. The zero-order valence-electron chi connectivity index (χ0n) is 19.0. The molecule has 1 saturated carbocycles. The maximum atomic E-state index is 14.0. The number of aliphatic hydroxyl groups excluding tert-OH is 1. The molecule has 0 saturated heterocycles. The molecule has 182 valence electrons. The molecule has 1 fully saturated rings. The van der Waals surface area contributed by atoms with Crippen LogP contribution in [-0.2, 0) is 12.6 Å². The van der Waals surface area contributed by atoms with Gasteiger partial charge in [0.25, 0.3) is 0 Å². The molecular weight excluding hydrogens is 458 g/mol. The van der Waals surface area contributed by atoms with E-state index in [1.165, 1.54) is 24.3 Å². The first-order valence-corrected chi connectivity index (χ1v) is 12.0. The Morgan fingerprint density at radius 3 is 2.20 bits per heavy atom. The second kappa shape index (κ2) is 9.19. The number of benzene rings is 2. The van der Waals surface area contributed by atoms with Gasteiger partial charge in [-0.15, -0.1) is 0 Å². The maximum Gasteiger partial charge on any atom is 0.416 e. The number of hydrogen-bond donors (Lipinski definition) is 1. The summed E-state index contributed by atoms with van der Waals surface area (Å²) >= 11 is 0. The topological polar surface area (TPSA) is 50.2 Å². The van der Waals surface area contributed by atoms with E-state index in [1.54, 1.807) is 12.1 Å². The van der Waals surface area contributed by atoms with Crippen LogP contribution in [0.25, 0.3) is 11.1 Å². The van der Waals surface area contributed by atoms with Crippen LogP contribution in [0.4, 0.5) is 17.6 Å². The third-order valence-electron chi connectivity index (χ3n) is 7.14. The second-order valence-electron chi connectivity index (χ2n) is 9.41. The van der Waals surface area contributed by atoms with Gasteiger partial charge in [0.1, 0.15) is 5.82 Å². The van der Waals surface area contributed by atoms with Crippen LogP contribution in [0.3, 0.4) is 0 Å². The Labute approximate surface area is 200 Å². The molecule has 0 spiro atoms. The number of alkyl halides is 3. The highest BCUT2D eigenvalue weighted by Gasteiger charge is 2.35. The number of ketones is 1. The second-order valence-corrected chi connectivity index (χ2v) is 9.41. The van der Waals surface area contributed by atoms with E-state index in [9.17, 15) is 27.5 Å². The number of hydrogen-bond acceptors (Lipinski definition) is 3. The van der Waals surface area contributed by atoms with Crippen LogP contribution in [-0.4, -0.2) is 15.9 Å². The highest BCUT2D eigenvalue weighted by Crippen LogP contribution is 2.45. The van der Waals surface area contributed by atoms with Crippen LogP contribution >= 0.6 is 0 Å². The Bertz CT molecular complexity index is 1240. The van der Waals surface area contributed by atoms with Crippen LogP contribution in [0.15, 0.2) is 48.5 Å². The molecule has 1 N–H and O–H groups in total. The van der Waals surface area contributed by atoms with Crippen molar-refractivity contribution in [2.45, 2.75) is 63.1 Å². The number of aryl methyl sites for hydroxylation is 1. The van der Waals surface area contributed by atoms with Gasteiger partial charge in [-0.25, -0.2) is 4.39 Å². The molecule has 2 aliphatic rings. The van der Waals surface area contributed by atoms with Crippen molar-refractivity contribution >= 4 is 5.78 Å². The van der Waals surface area contributed by atoms with E-state index in [-0.39, 0.29) is 11.5 Å². The summed E-state index contributed by atoms with van der Waals surface area (Å²) in [6.07, 6.45) is 0.345. The summed E-state index contributed by atoms with van der Waals surface area (Å²) in [5.41, 5.74) is 2.65. The van der Waals surface area contributed by atoms with E-state index in [2.05, 4.69) is 0 Å². The number of rotatable bonds is 4. The van der Waals surface area contributed by atoms with Crippen molar-refractivity contribution in [3.63, 3.8) is 0 Å². The average Bonchev–Trinajstić information content (AvgIpc) is 3.38. The van der Waals surface area contributed by atoms with E-state index in [4.69, 9.17) is 4.98 Å². The first-order chi connectivity index (χ1) is 16.7. The summed E-state index contributed by atoms with van der Waals surface area (Å²) in [4.78, 5) is 18.9. The van der Waals surface area contributed by atoms with Gasteiger partial charge in [0.05, 0.1) is 22.9 Å². The molecule has 1 heterocycles. The number of aromatic nitrogens is 1. The Kier molecular flexibility index (Phi) is 6.21. The number of nitrogens with zero attached hydrogens (tertiary/aromatic N) is 1. The minimum Gasteiger partial charge on any atom is -0.388 e. The predicted molar refractivity (Wildman–Crippen MR) is 124 cm³/mol. The molecule has 0 aliphatic heterocycles. The number of pyridine rings is 1. The quantitative estimate of drug-likeness (QED) is 0.316. The summed E-state index contributed by atoms with van der Waals surface area (Å²) in [5.74, 6) is -0.816. The van der Waals surface area contributed by atoms with Gasteiger partial charge in [-0.1, -0.05) is 37.1 Å². The van der Waals surface area contributed by atoms with Crippen LogP contribution < -0.4 is 0 Å². The third kappa shape index (κ3) is 4.49. The van der Waals surface area contributed by atoms with Gasteiger partial charge in [-0.3, -0.25) is 9.78 Å². The van der Waals surface area contributed by atoms with Crippen LogP contribution in [0.5, 0.6) is 0 Å². The molecule has 7 heteroatoms. The van der Waals surface area contributed by atoms with Crippen molar-refractivity contribution in [2.24, 2.45) is 0 Å². The van der Waals surface area contributed by atoms with Crippen molar-refractivity contribution in [1.29, 1.82) is 0 Å². The van der Waals surface area contributed by atoms with Gasteiger partial charge in [0.2, 0.25) is 0 Å². The van der Waals surface area contributed by atoms with E-state index < -0.39 is 29.4 Å². The van der Waals surface area contributed by atoms with Gasteiger partial charge >= 0.3 is 6.18 Å². The number of aliphatic hydroxyl groups is 1. The minimum absolute atomic E-state index is 0.0481. The van der Waals surface area contributed by atoms with Crippen LogP contribution in [0.2, 0.25) is 0 Å². The SMILES string of the molecule is O=C(c1ccc(C(F)(F)F)cc1)c1c(C2CCCC2)nc2c(c1-c1ccc(F)cc1)C(O)CCC2. The lowest BCUT2D eigenvalue weighted by Gasteiger charge is -2.29. The number of halogens is 4. The van der Waals surface area contributed by atoms with Crippen molar-refractivity contribution in [1.82, 2.24) is 4.98 Å². The largest absolute Gasteiger partial charge is 0.416 e. The molecule has 3 nitrogen and oxygen atoms in total. The molecule has 5 rings (SSSR count). The summed E-state index contributed by atoms with van der Waals surface area (Å²) in [6, 6.07) is 9.95. The first-order valence-electron chi connectivity index (χ1n) is 12.0. The van der Waals surface area contributed by atoms with E-state index >= 15 is 0 Å². The molecule has 0 radical (unpaired) electrons. The molecule has 1 unspecified atom stereocenters. The fourth-order valence-corrected chi connectivity index (χ4v) is 5.42. The van der Waals surface area contributed by atoms with Crippen molar-refractivity contribution < 1.29 is 27.5 Å². The Hall–Kier alpha value is -3.06. The highest BCUT2D eigenvalue weighted by molar-refractivity contribution is 6.14. The maximum absolute atomic E-state index is 14.0. The summed E-state index contributed by atoms with van der Waals surface area (Å²) in [7, 11) is 0. The van der Waals surface area contributed by atoms with Crippen LogP contribution in [0, 0.1) is 5.82 Å². The van der Waals surface area contributed by atoms with Crippen molar-refractivity contribution in [3.8, 4) is 11.1 Å². The number of carbonyl (C=O) groups is 1. The van der Waals surface area contributed by atoms with Gasteiger partial charge in [-0.05, 0) is 61.9 Å². The van der Waals surface area contributed by atoms with Crippen molar-refractivity contribution in [2.75, 3.05) is 0 Å². The summed E-state index contributed by atoms with van der Waals surface area (Å²) < 4.78 is 53.1. The molecule has 35 heavy (non-hydrogen) atoms. The van der Waals surface area contributed by atoms with Crippen LogP contribution in [0.1, 0.15) is 89.0 Å². The predicted octanol–water partition coefficient (Wildman–Crippen LogP) is 7.16. The van der Waals surface area contributed by atoms with Gasteiger partial charge < -0.3 is 5.11 Å². The first kappa shape index (κ1) is 23.7. The zero-order chi connectivity index (χ0) is 24.7. The van der Waals surface area contributed by atoms with Gasteiger partial charge in [0.15, 0.2) is 5.78 Å². The Morgan fingerprint density at radius 1 is 0.914 bits per heavy atom. The molecule has 0 amide bonds. The van der Waals surface area contributed by atoms with Gasteiger partial charge in [0, 0.05) is 28.3 Å². The standard InChI is InChI=1S/C28H25F4NO2/c29-20-14-10-16(11-15-20)23-24-21(6-3-7-22(24)34)33-26(17-4-1-2-5-17)25(23)27(35)18-8-12-19(13-9-18)28(30,31)32/h8-15,17,22,34H,1-7H2. The molecule has 1 atom stereocenters. The molecule has 2 aromatic carbocycles. The molecule has 2 aliphatic carbocycles. The fourth-order valence-electron chi connectivity index (χ4n) is 5.42. The van der Waals surface area contributed by atoms with E-state index in [1.807, 2.05) is 0 Å². The fraction of sp³-hybridized carbons (Fsp3) is 0.357. The van der Waals surface area contributed by atoms with Gasteiger partial charge in [-0.2, -0.15) is 13.2 Å². The average molecular weight is 484 g/mol. The highest BCUT2D eigenvalue weighted by atomic mass is 19.4. The van der Waals surface area contributed by atoms with E-state index in [0.717, 1.165) is 49.9 Å². The lowest BCUT2D eigenvalue weighted by atomic mass is 9.80. The monoisotopic (exact) mass is 483 g/mol. The molecule has 1 aromatic heterocycles. The summed E-state index contributed by atoms with van der Waals surface area (Å²) in [6.45, 7) is 0. The van der Waals surface area contributed by atoms with E-state index in [0.29, 0.717) is 40.8 Å². The lowest BCUT2D eigenvalue weighted by molar-refractivity contribution is -0.137. The molecule has 3 aromatic rings. The number of fused-ring (bicyclic) bond motifs is 1. The zero-order valence-corrected chi connectivity index (χ0v) is 19.0. The Morgan fingerprint density at radius 2 is 1.57 bits per heavy atom. The van der Waals surface area contributed by atoms with Crippen molar-refractivity contribution in [3.05, 3.63) is 88.0 Å². The lowest BCUT2D eigenvalue weighted by Crippen LogP contribution is -2.21. The minimum atomic E-state index is -4.51. The smallest absolute Gasteiger partial charge is 0.388 e. The summed E-state index contributed by atoms with van der Waals surface area (Å²) in [5, 5.41) is 11.0. The number of carbonyl (C=O) groups excluding carboxylic acids is 1. The third-order valence-corrected chi connectivity index (χ3v) is 7.14. The Balaban J connectivity index is 1.76. The normalized spacial score (nSPS) is 18.5. The molecule has 0 bridgehead atoms.